The minimum atomic E-state index is -0.960. The van der Waals surface area contributed by atoms with E-state index in [2.05, 4.69) is 5.32 Å². The van der Waals surface area contributed by atoms with E-state index in [9.17, 15) is 14.4 Å². The van der Waals surface area contributed by atoms with Crippen LogP contribution in [-0.4, -0.2) is 47.9 Å². The maximum Gasteiger partial charge on any atom is 0.308 e. The number of nitrogens with zero attached hydrogens (tertiary/aromatic N) is 1. The molecule has 0 aromatic heterocycles. The number of hydrogen-bond donors (Lipinski definition) is 2. The van der Waals surface area contributed by atoms with Crippen molar-refractivity contribution in [2.45, 2.75) is 13.8 Å². The zero-order valence-electron chi connectivity index (χ0n) is 12.4. The van der Waals surface area contributed by atoms with Crippen molar-refractivity contribution in [3.63, 3.8) is 0 Å². The van der Waals surface area contributed by atoms with Gasteiger partial charge in [0.25, 0.3) is 5.91 Å². The summed E-state index contributed by atoms with van der Waals surface area (Å²) in [5, 5.41) is 11.3. The van der Waals surface area contributed by atoms with Crippen LogP contribution >= 0.6 is 0 Å². The molecule has 0 aliphatic rings. The predicted molar refractivity (Wildman–Crippen MR) is 77.9 cm³/mol. The molecule has 1 unspecified atom stereocenters. The molecule has 0 aliphatic heterocycles. The molecule has 0 radical (unpaired) electrons. The number of benzene rings is 1. The molecule has 0 fully saturated rings. The van der Waals surface area contributed by atoms with Gasteiger partial charge in [-0.2, -0.15) is 0 Å². The molecule has 1 atom stereocenters. The highest BCUT2D eigenvalue weighted by molar-refractivity contribution is 5.96. The van der Waals surface area contributed by atoms with E-state index in [1.165, 1.54) is 18.9 Å². The van der Waals surface area contributed by atoms with Crippen LogP contribution in [0.25, 0.3) is 0 Å². The minimum Gasteiger partial charge on any atom is -0.481 e. The Balaban J connectivity index is 2.49. The van der Waals surface area contributed by atoms with E-state index in [4.69, 9.17) is 5.11 Å². The van der Waals surface area contributed by atoms with Crippen molar-refractivity contribution in [1.29, 1.82) is 0 Å². The smallest absolute Gasteiger partial charge is 0.308 e. The van der Waals surface area contributed by atoms with Gasteiger partial charge in [0.15, 0.2) is 0 Å². The maximum absolute atomic E-state index is 11.9. The van der Waals surface area contributed by atoms with Crippen molar-refractivity contribution in [2.75, 3.05) is 20.1 Å². The molecule has 1 aromatic carbocycles. The molecule has 0 saturated heterocycles. The van der Waals surface area contributed by atoms with Gasteiger partial charge >= 0.3 is 5.97 Å². The Morgan fingerprint density at radius 2 is 2.00 bits per heavy atom. The van der Waals surface area contributed by atoms with Gasteiger partial charge in [-0.3, -0.25) is 14.4 Å². The average Bonchev–Trinajstić information content (AvgIpc) is 2.43. The minimum absolute atomic E-state index is 0.106. The number of aliphatic carboxylic acids is 1. The van der Waals surface area contributed by atoms with Gasteiger partial charge in [-0.05, 0) is 19.1 Å². The van der Waals surface area contributed by atoms with Crippen molar-refractivity contribution >= 4 is 17.8 Å². The van der Waals surface area contributed by atoms with Crippen molar-refractivity contribution in [1.82, 2.24) is 10.2 Å². The number of carbonyl (C=O) groups is 3. The Morgan fingerprint density at radius 1 is 1.33 bits per heavy atom. The first-order valence-electron chi connectivity index (χ1n) is 6.63. The fraction of sp³-hybridized carbons (Fsp3) is 0.400. The molecule has 0 bridgehead atoms. The predicted octanol–water partition coefficient (Wildman–Crippen LogP) is 0.904. The molecule has 21 heavy (non-hydrogen) atoms. The van der Waals surface area contributed by atoms with Crippen molar-refractivity contribution in [2.24, 2.45) is 5.92 Å². The summed E-state index contributed by atoms with van der Waals surface area (Å²) in [4.78, 5) is 35.7. The quantitative estimate of drug-likeness (QED) is 0.815. The lowest BCUT2D eigenvalue weighted by atomic mass is 10.1. The van der Waals surface area contributed by atoms with Crippen molar-refractivity contribution < 1.29 is 19.5 Å². The number of nitrogens with one attached hydrogen (secondary N) is 1. The highest BCUT2D eigenvalue weighted by atomic mass is 16.4. The third kappa shape index (κ3) is 5.25. The fourth-order valence-corrected chi connectivity index (χ4v) is 1.77. The standard InChI is InChI=1S/C15H20N2O4/c1-10-5-4-6-12(7-10)14(19)16-8-13(18)17(3)9-11(2)15(20)21/h4-7,11H,8-9H2,1-3H3,(H,16,19)(H,20,21). The van der Waals surface area contributed by atoms with Crippen LogP contribution in [0.5, 0.6) is 0 Å². The molecule has 0 aliphatic carbocycles. The maximum atomic E-state index is 11.9. The zero-order valence-corrected chi connectivity index (χ0v) is 12.4. The van der Waals surface area contributed by atoms with E-state index in [-0.39, 0.29) is 24.9 Å². The second-order valence-corrected chi connectivity index (χ2v) is 5.07. The van der Waals surface area contributed by atoms with Crippen LogP contribution in [0.2, 0.25) is 0 Å². The molecular formula is C15H20N2O4. The number of carboxylic acid groups (broad SMARTS) is 1. The molecule has 0 heterocycles. The lowest BCUT2D eigenvalue weighted by Gasteiger charge is -2.19. The number of carboxylic acids is 1. The number of carbonyl (C=O) groups excluding carboxylic acids is 2. The Hall–Kier alpha value is -2.37. The number of aryl methyl sites for hydroxylation is 1. The van der Waals surface area contributed by atoms with Crippen LogP contribution < -0.4 is 5.32 Å². The zero-order chi connectivity index (χ0) is 16.0. The summed E-state index contributed by atoms with van der Waals surface area (Å²) in [6.45, 7) is 3.35. The third-order valence-electron chi connectivity index (χ3n) is 3.08. The van der Waals surface area contributed by atoms with Gasteiger partial charge < -0.3 is 15.3 Å². The molecule has 1 rings (SSSR count). The van der Waals surface area contributed by atoms with E-state index in [0.717, 1.165) is 5.56 Å². The Labute approximate surface area is 123 Å². The normalized spacial score (nSPS) is 11.6. The van der Waals surface area contributed by atoms with E-state index in [0.29, 0.717) is 5.56 Å². The monoisotopic (exact) mass is 292 g/mol. The number of rotatable bonds is 6. The molecular weight excluding hydrogens is 272 g/mol. The first-order chi connectivity index (χ1) is 9.81. The summed E-state index contributed by atoms with van der Waals surface area (Å²) in [5.41, 5.74) is 1.45. The van der Waals surface area contributed by atoms with Gasteiger partial charge in [0.05, 0.1) is 12.5 Å². The van der Waals surface area contributed by atoms with Gasteiger partial charge in [-0.1, -0.05) is 24.6 Å². The molecule has 6 heteroatoms. The van der Waals surface area contributed by atoms with E-state index in [1.807, 2.05) is 13.0 Å². The second kappa shape index (κ2) is 7.42. The Morgan fingerprint density at radius 3 is 2.57 bits per heavy atom. The molecule has 2 N–H and O–H groups in total. The first kappa shape index (κ1) is 16.7. The van der Waals surface area contributed by atoms with Crippen molar-refractivity contribution in [3.8, 4) is 0 Å². The summed E-state index contributed by atoms with van der Waals surface area (Å²) < 4.78 is 0. The summed E-state index contributed by atoms with van der Waals surface area (Å²) in [6.07, 6.45) is 0. The Kier molecular flexibility index (Phi) is 5.90. The molecule has 6 nitrogen and oxygen atoms in total. The highest BCUT2D eigenvalue weighted by Crippen LogP contribution is 2.03. The topological polar surface area (TPSA) is 86.7 Å². The van der Waals surface area contributed by atoms with E-state index in [1.54, 1.807) is 18.2 Å². The summed E-state index contributed by atoms with van der Waals surface area (Å²) >= 11 is 0. The van der Waals surface area contributed by atoms with Crippen LogP contribution in [0.4, 0.5) is 0 Å². The molecule has 114 valence electrons. The first-order valence-corrected chi connectivity index (χ1v) is 6.63. The number of likely N-dealkylation sites (N-methyl/N-ethyl adjacent to an activating group) is 1. The van der Waals surface area contributed by atoms with Gasteiger partial charge in [-0.15, -0.1) is 0 Å². The lowest BCUT2D eigenvalue weighted by Crippen LogP contribution is -2.40. The highest BCUT2D eigenvalue weighted by Gasteiger charge is 2.17. The second-order valence-electron chi connectivity index (χ2n) is 5.07. The van der Waals surface area contributed by atoms with Crippen LogP contribution in [0.3, 0.4) is 0 Å². The van der Waals surface area contributed by atoms with Gasteiger partial charge in [-0.25, -0.2) is 0 Å². The number of amides is 2. The van der Waals surface area contributed by atoms with Gasteiger partial charge in [0.1, 0.15) is 0 Å². The molecule has 0 spiro atoms. The summed E-state index contributed by atoms with van der Waals surface area (Å²) in [5.74, 6) is -2.26. The van der Waals surface area contributed by atoms with Crippen LogP contribution in [0.15, 0.2) is 24.3 Å². The van der Waals surface area contributed by atoms with E-state index >= 15 is 0 Å². The van der Waals surface area contributed by atoms with Gasteiger partial charge in [0.2, 0.25) is 5.91 Å². The Bertz CT molecular complexity index is 542. The average molecular weight is 292 g/mol. The van der Waals surface area contributed by atoms with Crippen molar-refractivity contribution in [3.05, 3.63) is 35.4 Å². The lowest BCUT2D eigenvalue weighted by molar-refractivity contribution is -0.142. The summed E-state index contributed by atoms with van der Waals surface area (Å²) in [6, 6.07) is 7.05. The van der Waals surface area contributed by atoms with E-state index < -0.39 is 11.9 Å². The largest absolute Gasteiger partial charge is 0.481 e. The molecule has 2 amide bonds. The number of hydrogen-bond acceptors (Lipinski definition) is 3. The molecule has 1 aromatic rings. The molecule has 0 saturated carbocycles. The van der Waals surface area contributed by atoms with Crippen LogP contribution in [-0.2, 0) is 9.59 Å². The third-order valence-corrected chi connectivity index (χ3v) is 3.08. The fourth-order valence-electron chi connectivity index (χ4n) is 1.77. The van der Waals surface area contributed by atoms with Crippen LogP contribution in [0, 0.1) is 12.8 Å². The summed E-state index contributed by atoms with van der Waals surface area (Å²) in [7, 11) is 1.51. The SMILES string of the molecule is Cc1cccc(C(=O)NCC(=O)N(C)CC(C)C(=O)O)c1. The van der Waals surface area contributed by atoms with Gasteiger partial charge in [0, 0.05) is 19.2 Å². The van der Waals surface area contributed by atoms with Crippen LogP contribution in [0.1, 0.15) is 22.8 Å².